The largest absolute Gasteiger partial charge is 0.479 e. The molecule has 1 atom stereocenters. The first-order chi connectivity index (χ1) is 5.33. The summed E-state index contributed by atoms with van der Waals surface area (Å²) in [5.74, 6) is 0.856. The predicted molar refractivity (Wildman–Crippen MR) is 48.7 cm³/mol. The van der Waals surface area contributed by atoms with Crippen LogP contribution >= 0.6 is 12.6 Å². The first-order valence-electron chi connectivity index (χ1n) is 3.70. The fourth-order valence-corrected chi connectivity index (χ4v) is 0.845. The number of benzene rings is 1. The van der Waals surface area contributed by atoms with E-state index in [2.05, 4.69) is 0 Å². The van der Waals surface area contributed by atoms with Gasteiger partial charge >= 0.3 is 0 Å². The van der Waals surface area contributed by atoms with Gasteiger partial charge in [0.05, 0.1) is 0 Å². The molecule has 1 nitrogen and oxygen atoms in total. The summed E-state index contributed by atoms with van der Waals surface area (Å²) < 4.78 is 5.38. The third-order valence-electron chi connectivity index (χ3n) is 1.34. The molecule has 59 valence electrons. The summed E-state index contributed by atoms with van der Waals surface area (Å²) in [6.45, 7) is 2.01. The molecule has 0 heterocycles. The minimum Gasteiger partial charge on any atom is -0.479 e. The molecule has 0 saturated carbocycles. The van der Waals surface area contributed by atoms with E-state index in [1.807, 2.05) is 37.3 Å². The lowest BCUT2D eigenvalue weighted by Crippen LogP contribution is -2.06. The van der Waals surface area contributed by atoms with Crippen molar-refractivity contribution in [1.29, 1.82) is 0 Å². The van der Waals surface area contributed by atoms with Crippen molar-refractivity contribution < 1.29 is 4.74 Å². The van der Waals surface area contributed by atoms with Crippen molar-refractivity contribution in [2.45, 2.75) is 18.8 Å². The van der Waals surface area contributed by atoms with Crippen LogP contribution in [0.5, 0.6) is 5.75 Å². The van der Waals surface area contributed by atoms with E-state index < -0.39 is 0 Å². The number of hydrogen-bond acceptors (Lipinski definition) is 1. The lowest BCUT2D eigenvalue weighted by molar-refractivity contribution is 0.286. The van der Waals surface area contributed by atoms with E-state index in [4.69, 9.17) is 17.4 Å². The first kappa shape index (κ1) is 8.47. The van der Waals surface area contributed by atoms with Gasteiger partial charge in [0.25, 0.3) is 0 Å². The van der Waals surface area contributed by atoms with Crippen LogP contribution in [0.3, 0.4) is 0 Å². The Balaban J connectivity index is 2.51. The summed E-state index contributed by atoms with van der Waals surface area (Å²) in [6.07, 6.45) is 0.865. The summed E-state index contributed by atoms with van der Waals surface area (Å²) in [5, 5.41) is 0. The minimum absolute atomic E-state index is 0.0996. The summed E-state index contributed by atoms with van der Waals surface area (Å²) >= 11 is 5.00. The zero-order valence-electron chi connectivity index (χ0n) is 6.49. The summed E-state index contributed by atoms with van der Waals surface area (Å²) in [4.78, 5) is 0. The van der Waals surface area contributed by atoms with Crippen LogP contribution in [0.2, 0.25) is 0 Å². The molecular formula is C9H11OS. The molecule has 0 aliphatic rings. The normalized spacial score (nSPS) is 12.5. The van der Waals surface area contributed by atoms with E-state index in [1.54, 1.807) is 0 Å². The van der Waals surface area contributed by atoms with Gasteiger partial charge in [0.1, 0.15) is 5.75 Å². The molecule has 0 fully saturated rings. The van der Waals surface area contributed by atoms with Crippen LogP contribution in [0, 0.1) is 0 Å². The number of para-hydroxylation sites is 1. The van der Waals surface area contributed by atoms with Crippen molar-refractivity contribution in [3.63, 3.8) is 0 Å². The summed E-state index contributed by atoms with van der Waals surface area (Å²) in [5.41, 5.74) is -0.0996. The molecule has 0 aliphatic carbocycles. The first-order valence-corrected chi connectivity index (χ1v) is 4.17. The molecule has 0 spiro atoms. The van der Waals surface area contributed by atoms with Crippen LogP contribution < -0.4 is 4.74 Å². The monoisotopic (exact) mass is 167 g/mol. The number of rotatable bonds is 3. The Morgan fingerprint density at radius 1 is 1.36 bits per heavy atom. The molecule has 1 aromatic carbocycles. The average molecular weight is 167 g/mol. The van der Waals surface area contributed by atoms with Gasteiger partial charge in [-0.15, -0.1) is 0 Å². The highest BCUT2D eigenvalue weighted by atomic mass is 32.1. The quantitative estimate of drug-likeness (QED) is 0.672. The molecule has 2 heteroatoms. The lowest BCUT2D eigenvalue weighted by atomic mass is 10.3. The Labute approximate surface area is 72.8 Å². The van der Waals surface area contributed by atoms with Crippen molar-refractivity contribution >= 4 is 12.6 Å². The molecule has 0 aromatic heterocycles. The van der Waals surface area contributed by atoms with E-state index >= 15 is 0 Å². The molecule has 0 aliphatic heterocycles. The highest BCUT2D eigenvalue weighted by Crippen LogP contribution is 2.13. The highest BCUT2D eigenvalue weighted by Gasteiger charge is 1.99. The maximum absolute atomic E-state index is 5.38. The highest BCUT2D eigenvalue weighted by molar-refractivity contribution is 7.80. The smallest absolute Gasteiger partial charge is 0.154 e. The SMILES string of the molecule is CCC([S])Oc1ccccc1. The van der Waals surface area contributed by atoms with Gasteiger partial charge in [0.2, 0.25) is 0 Å². The number of hydrogen-bond donors (Lipinski definition) is 0. The van der Waals surface area contributed by atoms with E-state index in [9.17, 15) is 0 Å². The Kier molecular flexibility index (Phi) is 3.30. The van der Waals surface area contributed by atoms with Gasteiger partial charge < -0.3 is 4.74 Å². The minimum atomic E-state index is -0.0996. The zero-order valence-corrected chi connectivity index (χ0v) is 7.30. The second kappa shape index (κ2) is 4.29. The van der Waals surface area contributed by atoms with Crippen molar-refractivity contribution in [2.75, 3.05) is 0 Å². The molecule has 0 amide bonds. The molecule has 0 saturated heterocycles. The van der Waals surface area contributed by atoms with E-state index in [0.717, 1.165) is 12.2 Å². The van der Waals surface area contributed by atoms with Gasteiger partial charge in [-0.25, -0.2) is 0 Å². The second-order valence-corrected chi connectivity index (χ2v) is 2.79. The van der Waals surface area contributed by atoms with Crippen molar-refractivity contribution in [2.24, 2.45) is 0 Å². The average Bonchev–Trinajstić information content (AvgIpc) is 2.06. The third-order valence-corrected chi connectivity index (χ3v) is 1.77. The Morgan fingerprint density at radius 2 is 2.00 bits per heavy atom. The van der Waals surface area contributed by atoms with Gasteiger partial charge in [-0.2, -0.15) is 0 Å². The fraction of sp³-hybridized carbons (Fsp3) is 0.333. The standard InChI is InChI=1S/C9H11OS/c1-2-9(11)10-8-6-4-3-5-7-8/h3-7,9H,2H2,1H3. The molecule has 11 heavy (non-hydrogen) atoms. The van der Waals surface area contributed by atoms with Crippen LogP contribution in [-0.2, 0) is 0 Å². The zero-order chi connectivity index (χ0) is 8.10. The van der Waals surface area contributed by atoms with E-state index in [1.165, 1.54) is 0 Å². The van der Waals surface area contributed by atoms with Crippen molar-refractivity contribution in [3.8, 4) is 5.75 Å². The second-order valence-electron chi connectivity index (χ2n) is 2.27. The maximum atomic E-state index is 5.38. The predicted octanol–water partition coefficient (Wildman–Crippen LogP) is 3.00. The summed E-state index contributed by atoms with van der Waals surface area (Å²) in [6, 6.07) is 9.65. The van der Waals surface area contributed by atoms with Crippen molar-refractivity contribution in [3.05, 3.63) is 30.3 Å². The topological polar surface area (TPSA) is 9.23 Å². The fourth-order valence-electron chi connectivity index (χ4n) is 0.734. The van der Waals surface area contributed by atoms with Gasteiger partial charge in [-0.05, 0) is 31.2 Å². The van der Waals surface area contributed by atoms with Crippen LogP contribution in [0.4, 0.5) is 0 Å². The summed E-state index contributed by atoms with van der Waals surface area (Å²) in [7, 11) is 0. The van der Waals surface area contributed by atoms with Gasteiger partial charge in [0.15, 0.2) is 5.44 Å². The van der Waals surface area contributed by atoms with E-state index in [-0.39, 0.29) is 5.44 Å². The lowest BCUT2D eigenvalue weighted by Gasteiger charge is -2.09. The van der Waals surface area contributed by atoms with Crippen LogP contribution in [-0.4, -0.2) is 5.44 Å². The van der Waals surface area contributed by atoms with Gasteiger partial charge in [0, 0.05) is 0 Å². The van der Waals surface area contributed by atoms with Crippen LogP contribution in [0.1, 0.15) is 13.3 Å². The molecule has 1 rings (SSSR count). The Morgan fingerprint density at radius 3 is 2.55 bits per heavy atom. The molecule has 1 unspecified atom stereocenters. The van der Waals surface area contributed by atoms with Crippen LogP contribution in [0.25, 0.3) is 0 Å². The third kappa shape index (κ3) is 2.85. The molecule has 1 radical (unpaired) electrons. The van der Waals surface area contributed by atoms with Gasteiger partial charge in [-0.3, -0.25) is 0 Å². The Hall–Kier alpha value is -0.630. The molecular weight excluding hydrogens is 156 g/mol. The molecule has 0 bridgehead atoms. The van der Waals surface area contributed by atoms with E-state index in [0.29, 0.717) is 0 Å². The Bertz CT molecular complexity index is 198. The molecule has 0 N–H and O–H groups in total. The van der Waals surface area contributed by atoms with Crippen molar-refractivity contribution in [1.82, 2.24) is 0 Å². The van der Waals surface area contributed by atoms with Crippen LogP contribution in [0.15, 0.2) is 30.3 Å². The van der Waals surface area contributed by atoms with Gasteiger partial charge in [-0.1, -0.05) is 25.1 Å². The maximum Gasteiger partial charge on any atom is 0.154 e. The molecule has 1 aromatic rings. The number of ether oxygens (including phenoxy) is 1.